The van der Waals surface area contributed by atoms with Crippen molar-refractivity contribution in [1.82, 2.24) is 0 Å². The molecule has 0 radical (unpaired) electrons. The first-order chi connectivity index (χ1) is 9.70. The van der Waals surface area contributed by atoms with Gasteiger partial charge in [-0.25, -0.2) is 0 Å². The molecule has 4 nitrogen and oxygen atoms in total. The van der Waals surface area contributed by atoms with Crippen molar-refractivity contribution in [1.29, 1.82) is 0 Å². The van der Waals surface area contributed by atoms with Crippen molar-refractivity contribution in [2.75, 3.05) is 11.9 Å². The lowest BCUT2D eigenvalue weighted by Gasteiger charge is -2.11. The van der Waals surface area contributed by atoms with Crippen molar-refractivity contribution in [3.63, 3.8) is 0 Å². The molecule has 1 aromatic heterocycles. The summed E-state index contributed by atoms with van der Waals surface area (Å²) in [6.45, 7) is 0.167. The van der Waals surface area contributed by atoms with E-state index in [-0.39, 0.29) is 12.5 Å². The molecule has 1 unspecified atom stereocenters. The molecule has 106 valence electrons. The van der Waals surface area contributed by atoms with Gasteiger partial charge in [0.25, 0.3) is 0 Å². The van der Waals surface area contributed by atoms with Gasteiger partial charge in [0.2, 0.25) is 5.91 Å². The van der Waals surface area contributed by atoms with Gasteiger partial charge in [-0.2, -0.15) is 0 Å². The summed E-state index contributed by atoms with van der Waals surface area (Å²) >= 11 is 1.47. The highest BCUT2D eigenvalue weighted by molar-refractivity contribution is 7.10. The molecule has 0 spiro atoms. The fourth-order valence-electron chi connectivity index (χ4n) is 1.91. The van der Waals surface area contributed by atoms with Crippen LogP contribution in [0.2, 0.25) is 0 Å². The predicted octanol–water partition coefficient (Wildman–Crippen LogP) is 2.31. The molecule has 0 aliphatic heterocycles. The largest absolute Gasteiger partial charge is 0.396 e. The maximum absolute atomic E-state index is 12.1. The lowest BCUT2D eigenvalue weighted by molar-refractivity contribution is -0.117. The highest BCUT2D eigenvalue weighted by Crippen LogP contribution is 2.19. The van der Waals surface area contributed by atoms with Crippen molar-refractivity contribution in [3.05, 3.63) is 52.2 Å². The molecule has 4 N–H and O–H groups in total. The highest BCUT2D eigenvalue weighted by Gasteiger charge is 2.16. The standard InChI is InChI=1S/C15H18N2O2S/c16-14(13-7-3-9-20-13)15(19)17-12-6-1-4-11(10-12)5-2-8-18/h1,3-4,6-7,9-10,14,18H,2,5,8,16H2,(H,17,19). The van der Waals surface area contributed by atoms with Gasteiger partial charge >= 0.3 is 0 Å². The monoisotopic (exact) mass is 290 g/mol. The fourth-order valence-corrected chi connectivity index (χ4v) is 2.63. The molecule has 0 saturated carbocycles. The molecule has 0 aliphatic rings. The zero-order valence-corrected chi connectivity index (χ0v) is 11.9. The van der Waals surface area contributed by atoms with Crippen LogP contribution in [0.3, 0.4) is 0 Å². The average molecular weight is 290 g/mol. The number of amides is 1. The Balaban J connectivity index is 2.00. The quantitative estimate of drug-likeness (QED) is 0.764. The van der Waals surface area contributed by atoms with Crippen molar-refractivity contribution in [3.8, 4) is 0 Å². The van der Waals surface area contributed by atoms with Gasteiger partial charge in [0.15, 0.2) is 0 Å². The van der Waals surface area contributed by atoms with Crippen LogP contribution in [0, 0.1) is 0 Å². The van der Waals surface area contributed by atoms with Crippen LogP contribution in [0.4, 0.5) is 5.69 Å². The third-order valence-electron chi connectivity index (χ3n) is 2.95. The molecule has 2 aromatic rings. The number of carbonyl (C=O) groups excluding carboxylic acids is 1. The number of benzene rings is 1. The third kappa shape index (κ3) is 3.90. The molecule has 5 heteroatoms. The number of aryl methyl sites for hydroxylation is 1. The molecule has 0 fully saturated rings. The molecule has 1 aromatic carbocycles. The Labute approximate surface area is 122 Å². The lowest BCUT2D eigenvalue weighted by atomic mass is 10.1. The number of hydrogen-bond acceptors (Lipinski definition) is 4. The topological polar surface area (TPSA) is 75.4 Å². The first kappa shape index (κ1) is 14.7. The zero-order valence-electron chi connectivity index (χ0n) is 11.1. The van der Waals surface area contributed by atoms with Crippen LogP contribution in [0.25, 0.3) is 0 Å². The van der Waals surface area contributed by atoms with Gasteiger partial charge in [-0.1, -0.05) is 18.2 Å². The van der Waals surface area contributed by atoms with Gasteiger partial charge < -0.3 is 16.2 Å². The van der Waals surface area contributed by atoms with E-state index in [4.69, 9.17) is 10.8 Å². The molecule has 0 bridgehead atoms. The Morgan fingerprint density at radius 1 is 1.35 bits per heavy atom. The number of aliphatic hydroxyl groups is 1. The molecule has 20 heavy (non-hydrogen) atoms. The van der Waals surface area contributed by atoms with E-state index in [1.165, 1.54) is 11.3 Å². The number of nitrogens with one attached hydrogen (secondary N) is 1. The Kier molecular flexibility index (Phi) is 5.29. The minimum Gasteiger partial charge on any atom is -0.396 e. The molecule has 1 heterocycles. The van der Waals surface area contributed by atoms with E-state index in [2.05, 4.69) is 5.32 Å². The Bertz CT molecular complexity index is 555. The van der Waals surface area contributed by atoms with Crippen molar-refractivity contribution in [2.45, 2.75) is 18.9 Å². The van der Waals surface area contributed by atoms with E-state index in [1.807, 2.05) is 41.8 Å². The molecule has 0 aliphatic carbocycles. The SMILES string of the molecule is NC(C(=O)Nc1cccc(CCCO)c1)c1cccs1. The normalized spacial score (nSPS) is 12.1. The minimum atomic E-state index is -0.643. The second kappa shape index (κ2) is 7.19. The molecular formula is C15H18N2O2S. The van der Waals surface area contributed by atoms with E-state index in [9.17, 15) is 4.79 Å². The van der Waals surface area contributed by atoms with Gasteiger partial charge in [0.05, 0.1) is 0 Å². The van der Waals surface area contributed by atoms with Crippen LogP contribution in [-0.2, 0) is 11.2 Å². The Morgan fingerprint density at radius 3 is 2.90 bits per heavy atom. The van der Waals surface area contributed by atoms with E-state index in [0.29, 0.717) is 6.42 Å². The summed E-state index contributed by atoms with van der Waals surface area (Å²) in [7, 11) is 0. The lowest BCUT2D eigenvalue weighted by Crippen LogP contribution is -2.27. The highest BCUT2D eigenvalue weighted by atomic mass is 32.1. The van der Waals surface area contributed by atoms with Gasteiger partial charge in [-0.3, -0.25) is 4.79 Å². The summed E-state index contributed by atoms with van der Waals surface area (Å²) in [6.07, 6.45) is 1.50. The maximum Gasteiger partial charge on any atom is 0.246 e. The van der Waals surface area contributed by atoms with Crippen molar-refractivity contribution >= 4 is 22.9 Å². The molecule has 1 atom stereocenters. The summed E-state index contributed by atoms with van der Waals surface area (Å²) in [5.74, 6) is -0.216. The smallest absolute Gasteiger partial charge is 0.246 e. The van der Waals surface area contributed by atoms with Crippen molar-refractivity contribution in [2.24, 2.45) is 5.73 Å². The number of hydrogen-bond donors (Lipinski definition) is 3. The van der Waals surface area contributed by atoms with E-state index < -0.39 is 6.04 Å². The second-order valence-corrected chi connectivity index (χ2v) is 5.49. The maximum atomic E-state index is 12.1. The van der Waals surface area contributed by atoms with E-state index >= 15 is 0 Å². The number of aliphatic hydroxyl groups excluding tert-OH is 1. The van der Waals surface area contributed by atoms with Crippen LogP contribution in [0.15, 0.2) is 41.8 Å². The van der Waals surface area contributed by atoms with Gasteiger partial charge in [-0.05, 0) is 42.0 Å². The molecular weight excluding hydrogens is 272 g/mol. The number of thiophene rings is 1. The van der Waals surface area contributed by atoms with E-state index in [0.717, 1.165) is 22.5 Å². The minimum absolute atomic E-state index is 0.167. The van der Waals surface area contributed by atoms with Crippen molar-refractivity contribution < 1.29 is 9.90 Å². The predicted molar refractivity (Wildman–Crippen MR) is 81.7 cm³/mol. The van der Waals surface area contributed by atoms with Gasteiger partial charge in [0, 0.05) is 17.2 Å². The Hall–Kier alpha value is -1.69. The summed E-state index contributed by atoms with van der Waals surface area (Å²) in [6, 6.07) is 10.7. The summed E-state index contributed by atoms with van der Waals surface area (Å²) in [4.78, 5) is 12.9. The van der Waals surface area contributed by atoms with Crippen LogP contribution in [0.5, 0.6) is 0 Å². The Morgan fingerprint density at radius 2 is 2.20 bits per heavy atom. The molecule has 0 saturated heterocycles. The van der Waals surface area contributed by atoms with Gasteiger partial charge in [-0.15, -0.1) is 11.3 Å². The van der Waals surface area contributed by atoms with E-state index in [1.54, 1.807) is 0 Å². The summed E-state index contributed by atoms with van der Waals surface area (Å²) in [5, 5.41) is 13.6. The zero-order chi connectivity index (χ0) is 14.4. The number of anilines is 1. The van der Waals surface area contributed by atoms with Crippen LogP contribution < -0.4 is 11.1 Å². The summed E-state index contributed by atoms with van der Waals surface area (Å²) < 4.78 is 0. The number of carbonyl (C=O) groups is 1. The first-order valence-electron chi connectivity index (χ1n) is 6.50. The van der Waals surface area contributed by atoms with Gasteiger partial charge in [0.1, 0.15) is 6.04 Å². The van der Waals surface area contributed by atoms with Crippen LogP contribution >= 0.6 is 11.3 Å². The number of nitrogens with two attached hydrogens (primary N) is 1. The first-order valence-corrected chi connectivity index (χ1v) is 7.38. The number of rotatable bonds is 6. The third-order valence-corrected chi connectivity index (χ3v) is 3.91. The molecule has 1 amide bonds. The van der Waals surface area contributed by atoms with Crippen LogP contribution in [0.1, 0.15) is 22.9 Å². The molecule has 2 rings (SSSR count). The second-order valence-electron chi connectivity index (χ2n) is 4.51. The fraction of sp³-hybridized carbons (Fsp3) is 0.267. The summed E-state index contributed by atoms with van der Waals surface area (Å²) in [5.41, 5.74) is 7.73. The van der Waals surface area contributed by atoms with Crippen LogP contribution in [-0.4, -0.2) is 17.6 Å². The average Bonchev–Trinajstić information content (AvgIpc) is 2.98.